The van der Waals surface area contributed by atoms with Gasteiger partial charge in [0.1, 0.15) is 0 Å². The molecule has 0 saturated carbocycles. The molecule has 0 fully saturated rings. The highest BCUT2D eigenvalue weighted by Crippen LogP contribution is 2.00. The Labute approximate surface area is 68.7 Å². The molecular weight excluding hydrogens is 156 g/mol. The normalized spacial score (nSPS) is 8.75. The van der Waals surface area contributed by atoms with Crippen molar-refractivity contribution in [3.63, 3.8) is 0 Å². The average Bonchev–Trinajstić information content (AvgIpc) is 2.06. The smallest absolute Gasteiger partial charge is 0.250 e. The Morgan fingerprint density at radius 3 is 2.92 bits per heavy atom. The number of nitrogens with zero attached hydrogens (tertiary/aromatic N) is 4. The summed E-state index contributed by atoms with van der Waals surface area (Å²) in [5, 5.41) is 2.93. The van der Waals surface area contributed by atoms with Gasteiger partial charge in [-0.25, -0.2) is 0 Å². The van der Waals surface area contributed by atoms with Crippen LogP contribution in [0.4, 0.5) is 0 Å². The fourth-order valence-corrected chi connectivity index (χ4v) is 0.693. The largest absolute Gasteiger partial charge is 0.287 e. The summed E-state index contributed by atoms with van der Waals surface area (Å²) in [6, 6.07) is 3.25. The zero-order valence-electron chi connectivity index (χ0n) is 6.43. The van der Waals surface area contributed by atoms with E-state index in [2.05, 4.69) is 15.0 Å². The molecule has 60 valence electrons. The molecule has 1 aromatic heterocycles. The summed E-state index contributed by atoms with van der Waals surface area (Å²) in [6.07, 6.45) is 1.38. The van der Waals surface area contributed by atoms with Crippen molar-refractivity contribution in [1.82, 2.24) is 4.98 Å². The molecule has 0 unspecified atom stereocenters. The Bertz CT molecular complexity index is 337. The first-order chi connectivity index (χ1) is 5.74. The quantitative estimate of drug-likeness (QED) is 0.358. The van der Waals surface area contributed by atoms with Crippen LogP contribution in [0.1, 0.15) is 16.1 Å². The number of carbonyl (C=O) groups excluding carboxylic acids is 1. The summed E-state index contributed by atoms with van der Waals surface area (Å²) in [5.41, 5.74) is 9.09. The van der Waals surface area contributed by atoms with E-state index in [-0.39, 0.29) is 0 Å². The number of azide groups is 1. The van der Waals surface area contributed by atoms with Gasteiger partial charge in [-0.15, -0.1) is 0 Å². The highest BCUT2D eigenvalue weighted by molar-refractivity contribution is 5.94. The summed E-state index contributed by atoms with van der Waals surface area (Å²) in [6.45, 7) is 1.81. The zero-order valence-corrected chi connectivity index (χ0v) is 6.43. The van der Waals surface area contributed by atoms with Crippen LogP contribution >= 0.6 is 0 Å². The highest BCUT2D eigenvalue weighted by atomic mass is 16.1. The number of aryl methyl sites for hydroxylation is 1. The topological polar surface area (TPSA) is 78.7 Å². The zero-order chi connectivity index (χ0) is 8.97. The van der Waals surface area contributed by atoms with Gasteiger partial charge >= 0.3 is 0 Å². The third-order valence-electron chi connectivity index (χ3n) is 1.29. The molecule has 12 heavy (non-hydrogen) atoms. The van der Waals surface area contributed by atoms with Gasteiger partial charge in [0.05, 0.1) is 0 Å². The van der Waals surface area contributed by atoms with E-state index in [9.17, 15) is 4.79 Å². The molecule has 5 nitrogen and oxygen atoms in total. The predicted octanol–water partition coefficient (Wildman–Crippen LogP) is 1.84. The van der Waals surface area contributed by atoms with E-state index in [0.29, 0.717) is 5.56 Å². The van der Waals surface area contributed by atoms with Gasteiger partial charge in [0.25, 0.3) is 5.91 Å². The van der Waals surface area contributed by atoms with Crippen LogP contribution in [-0.2, 0) is 0 Å². The second kappa shape index (κ2) is 3.50. The lowest BCUT2D eigenvalue weighted by Gasteiger charge is -1.93. The summed E-state index contributed by atoms with van der Waals surface area (Å²) in [4.78, 5) is 17.2. The number of rotatable bonds is 1. The van der Waals surface area contributed by atoms with Crippen molar-refractivity contribution in [2.75, 3.05) is 0 Å². The van der Waals surface area contributed by atoms with Crippen molar-refractivity contribution in [3.05, 3.63) is 40.0 Å². The van der Waals surface area contributed by atoms with Crippen molar-refractivity contribution < 1.29 is 4.79 Å². The number of hydrogen-bond acceptors (Lipinski definition) is 2. The second-order valence-electron chi connectivity index (χ2n) is 2.18. The van der Waals surface area contributed by atoms with Crippen molar-refractivity contribution in [3.8, 4) is 0 Å². The minimum Gasteiger partial charge on any atom is -0.287 e. The van der Waals surface area contributed by atoms with Crippen LogP contribution in [0, 0.1) is 6.92 Å². The summed E-state index contributed by atoms with van der Waals surface area (Å²) < 4.78 is 0. The molecule has 0 radical (unpaired) electrons. The molecule has 0 atom stereocenters. The standard InChI is InChI=1S/C7H6N4O/c1-5-2-3-6(4-9-5)7(12)10-11-8/h2-4H,1H3. The molecule has 0 N–H and O–H groups in total. The van der Waals surface area contributed by atoms with Gasteiger partial charge in [-0.2, -0.15) is 0 Å². The SMILES string of the molecule is Cc1ccc(C(=O)N=[N+]=[N-])cn1. The lowest BCUT2D eigenvalue weighted by atomic mass is 10.2. The number of amides is 1. The van der Waals surface area contributed by atoms with Gasteiger partial charge < -0.3 is 0 Å². The molecule has 0 saturated heterocycles. The fourth-order valence-electron chi connectivity index (χ4n) is 0.693. The maximum absolute atomic E-state index is 10.9. The van der Waals surface area contributed by atoms with Crippen LogP contribution in [0.5, 0.6) is 0 Å². The van der Waals surface area contributed by atoms with Gasteiger partial charge in [-0.1, -0.05) is 0 Å². The molecule has 5 heteroatoms. The molecule has 0 aromatic carbocycles. The lowest BCUT2D eigenvalue weighted by Crippen LogP contribution is -1.94. The first-order valence-corrected chi connectivity index (χ1v) is 3.26. The van der Waals surface area contributed by atoms with E-state index in [1.54, 1.807) is 12.1 Å². The minimum atomic E-state index is -0.606. The molecular formula is C7H6N4O. The summed E-state index contributed by atoms with van der Waals surface area (Å²) in [5.74, 6) is -0.606. The number of aromatic nitrogens is 1. The van der Waals surface area contributed by atoms with Crippen molar-refractivity contribution in [2.45, 2.75) is 6.92 Å². The van der Waals surface area contributed by atoms with Crippen LogP contribution in [0.15, 0.2) is 23.4 Å². The first-order valence-electron chi connectivity index (χ1n) is 3.26. The fraction of sp³-hybridized carbons (Fsp3) is 0.143. The van der Waals surface area contributed by atoms with Gasteiger partial charge in [-0.3, -0.25) is 9.78 Å². The van der Waals surface area contributed by atoms with Crippen LogP contribution in [0.2, 0.25) is 0 Å². The maximum Gasteiger partial charge on any atom is 0.250 e. The Kier molecular flexibility index (Phi) is 2.40. The first kappa shape index (κ1) is 8.23. The molecule has 1 rings (SSSR count). The van der Waals surface area contributed by atoms with Gasteiger partial charge in [0.15, 0.2) is 0 Å². The molecule has 0 bridgehead atoms. The molecule has 1 aromatic rings. The Balaban J connectivity index is 2.97. The highest BCUT2D eigenvalue weighted by Gasteiger charge is 2.01. The third-order valence-corrected chi connectivity index (χ3v) is 1.29. The van der Waals surface area contributed by atoms with Crippen LogP contribution in [0.25, 0.3) is 10.4 Å². The van der Waals surface area contributed by atoms with Crippen molar-refractivity contribution in [2.24, 2.45) is 5.11 Å². The van der Waals surface area contributed by atoms with E-state index in [0.717, 1.165) is 5.69 Å². The molecule has 0 aliphatic rings. The van der Waals surface area contributed by atoms with E-state index >= 15 is 0 Å². The predicted molar refractivity (Wildman–Crippen MR) is 42.5 cm³/mol. The van der Waals surface area contributed by atoms with Crippen LogP contribution < -0.4 is 0 Å². The van der Waals surface area contributed by atoms with Crippen molar-refractivity contribution in [1.29, 1.82) is 0 Å². The van der Waals surface area contributed by atoms with Crippen LogP contribution in [-0.4, -0.2) is 10.9 Å². The number of hydrogen-bond donors (Lipinski definition) is 0. The lowest BCUT2D eigenvalue weighted by molar-refractivity contribution is 0.1000. The monoisotopic (exact) mass is 162 g/mol. The Morgan fingerprint density at radius 2 is 2.42 bits per heavy atom. The van der Waals surface area contributed by atoms with E-state index < -0.39 is 5.91 Å². The van der Waals surface area contributed by atoms with E-state index in [1.165, 1.54) is 6.20 Å². The number of carbonyl (C=O) groups is 1. The Morgan fingerprint density at radius 1 is 1.67 bits per heavy atom. The average molecular weight is 162 g/mol. The van der Waals surface area contributed by atoms with Gasteiger partial charge in [0, 0.05) is 22.4 Å². The van der Waals surface area contributed by atoms with Gasteiger partial charge in [0.2, 0.25) is 0 Å². The van der Waals surface area contributed by atoms with E-state index in [1.807, 2.05) is 6.92 Å². The maximum atomic E-state index is 10.9. The number of pyridine rings is 1. The van der Waals surface area contributed by atoms with Crippen LogP contribution in [0.3, 0.4) is 0 Å². The summed E-state index contributed by atoms with van der Waals surface area (Å²) in [7, 11) is 0. The molecule has 0 spiro atoms. The van der Waals surface area contributed by atoms with Crippen molar-refractivity contribution >= 4 is 5.91 Å². The van der Waals surface area contributed by atoms with Gasteiger partial charge in [-0.05, 0) is 29.7 Å². The molecule has 0 aliphatic carbocycles. The third kappa shape index (κ3) is 1.81. The molecule has 1 heterocycles. The summed E-state index contributed by atoms with van der Waals surface area (Å²) >= 11 is 0. The molecule has 1 amide bonds. The minimum absolute atomic E-state index is 0.304. The van der Waals surface area contributed by atoms with E-state index in [4.69, 9.17) is 5.53 Å². The molecule has 0 aliphatic heterocycles. The second-order valence-corrected chi connectivity index (χ2v) is 2.18. The Hall–Kier alpha value is -1.87.